The number of carbonyl (C=O) groups is 1. The summed E-state index contributed by atoms with van der Waals surface area (Å²) >= 11 is 0. The molecule has 0 aliphatic carbocycles. The number of pyridine rings is 1. The van der Waals surface area contributed by atoms with Gasteiger partial charge < -0.3 is 10.2 Å². The monoisotopic (exact) mass is 217 g/mol. The Morgan fingerprint density at radius 3 is 2.67 bits per heavy atom. The van der Waals surface area contributed by atoms with E-state index in [2.05, 4.69) is 4.98 Å². The number of carboxylic acid groups (broad SMARTS) is 1. The van der Waals surface area contributed by atoms with Crippen molar-refractivity contribution in [2.24, 2.45) is 0 Å². The number of rotatable bonds is 3. The first-order chi connectivity index (χ1) is 6.93. The molecule has 1 aromatic rings. The van der Waals surface area contributed by atoms with E-state index in [4.69, 9.17) is 10.2 Å². The minimum absolute atomic E-state index is 0.0207. The fourth-order valence-corrected chi connectivity index (χ4v) is 1.25. The fourth-order valence-electron chi connectivity index (χ4n) is 1.25. The van der Waals surface area contributed by atoms with E-state index in [1.807, 2.05) is 0 Å². The van der Waals surface area contributed by atoms with Crippen molar-refractivity contribution in [2.75, 3.05) is 0 Å². The largest absolute Gasteiger partial charge is 0.506 e. The van der Waals surface area contributed by atoms with Crippen LogP contribution in [-0.4, -0.2) is 21.2 Å². The van der Waals surface area contributed by atoms with Crippen molar-refractivity contribution >= 4 is 5.97 Å². The Labute approximate surface area is 84.2 Å². The highest BCUT2D eigenvalue weighted by Crippen LogP contribution is 2.31. The number of aliphatic carboxylic acids is 1. The summed E-state index contributed by atoms with van der Waals surface area (Å²) in [7, 11) is 0. The van der Waals surface area contributed by atoms with Crippen molar-refractivity contribution in [1.82, 2.24) is 4.98 Å². The molecule has 82 valence electrons. The van der Waals surface area contributed by atoms with Gasteiger partial charge in [-0.15, -0.1) is 0 Å². The van der Waals surface area contributed by atoms with Crippen LogP contribution in [0.1, 0.15) is 23.2 Å². The lowest BCUT2D eigenvalue weighted by Crippen LogP contribution is -2.06. The van der Waals surface area contributed by atoms with Gasteiger partial charge >= 0.3 is 5.97 Å². The minimum Gasteiger partial charge on any atom is -0.506 e. The molecule has 0 bridgehead atoms. The predicted octanol–water partition coefficient (Wildman–Crippen LogP) is 1.66. The number of alkyl halides is 2. The number of carboxylic acids is 1. The number of nitrogens with zero attached hydrogens (tertiary/aromatic N) is 1. The zero-order chi connectivity index (χ0) is 11.6. The van der Waals surface area contributed by atoms with Gasteiger partial charge in [-0.1, -0.05) is 0 Å². The van der Waals surface area contributed by atoms with Crippen LogP contribution < -0.4 is 0 Å². The van der Waals surface area contributed by atoms with Crippen LogP contribution in [0.2, 0.25) is 0 Å². The maximum Gasteiger partial charge on any atom is 0.309 e. The standard InChI is InChI=1S/C9H9F2NO3/c1-4-5(2-7(14)15)12-3-6(13)8(4)9(10)11/h3,9,13H,2H2,1H3,(H,14,15). The molecule has 1 heterocycles. The first-order valence-corrected chi connectivity index (χ1v) is 4.10. The lowest BCUT2D eigenvalue weighted by Gasteiger charge is -2.10. The highest BCUT2D eigenvalue weighted by molar-refractivity contribution is 5.70. The van der Waals surface area contributed by atoms with Gasteiger partial charge in [0.2, 0.25) is 0 Å². The molecular formula is C9H9F2NO3. The highest BCUT2D eigenvalue weighted by atomic mass is 19.3. The Balaban J connectivity index is 3.22. The molecule has 0 radical (unpaired) electrons. The van der Waals surface area contributed by atoms with Gasteiger partial charge in [-0.2, -0.15) is 0 Å². The van der Waals surface area contributed by atoms with E-state index in [1.54, 1.807) is 0 Å². The lowest BCUT2D eigenvalue weighted by molar-refractivity contribution is -0.136. The first-order valence-electron chi connectivity index (χ1n) is 4.10. The number of halogens is 2. The van der Waals surface area contributed by atoms with E-state index >= 15 is 0 Å². The second-order valence-corrected chi connectivity index (χ2v) is 3.00. The van der Waals surface area contributed by atoms with Crippen LogP contribution in [0, 0.1) is 6.92 Å². The minimum atomic E-state index is -2.85. The summed E-state index contributed by atoms with van der Waals surface area (Å²) in [6, 6.07) is 0. The molecule has 0 fully saturated rings. The summed E-state index contributed by atoms with van der Waals surface area (Å²) in [5.74, 6) is -1.77. The van der Waals surface area contributed by atoms with Crippen molar-refractivity contribution in [1.29, 1.82) is 0 Å². The van der Waals surface area contributed by atoms with Crippen LogP contribution in [0.3, 0.4) is 0 Å². The summed E-state index contributed by atoms with van der Waals surface area (Å²) < 4.78 is 24.9. The van der Waals surface area contributed by atoms with Crippen LogP contribution in [0.15, 0.2) is 6.20 Å². The third kappa shape index (κ3) is 2.39. The van der Waals surface area contributed by atoms with Crippen molar-refractivity contribution in [3.05, 3.63) is 23.0 Å². The number of aromatic hydroxyl groups is 1. The van der Waals surface area contributed by atoms with Crippen LogP contribution in [-0.2, 0) is 11.2 Å². The molecular weight excluding hydrogens is 208 g/mol. The highest BCUT2D eigenvalue weighted by Gasteiger charge is 2.19. The molecule has 4 nitrogen and oxygen atoms in total. The summed E-state index contributed by atoms with van der Waals surface area (Å²) in [6.07, 6.45) is -2.45. The zero-order valence-electron chi connectivity index (χ0n) is 7.87. The Kier molecular flexibility index (Phi) is 3.18. The van der Waals surface area contributed by atoms with E-state index < -0.39 is 30.1 Å². The first kappa shape index (κ1) is 11.4. The average Bonchev–Trinajstić information content (AvgIpc) is 2.09. The van der Waals surface area contributed by atoms with E-state index in [1.165, 1.54) is 6.92 Å². The zero-order valence-corrected chi connectivity index (χ0v) is 7.87. The molecule has 1 rings (SSSR count). The molecule has 0 atom stereocenters. The SMILES string of the molecule is Cc1c(CC(=O)O)ncc(O)c1C(F)F. The smallest absolute Gasteiger partial charge is 0.309 e. The third-order valence-electron chi connectivity index (χ3n) is 1.99. The van der Waals surface area contributed by atoms with Crippen LogP contribution in [0.5, 0.6) is 5.75 Å². The molecule has 15 heavy (non-hydrogen) atoms. The molecule has 0 aliphatic rings. The summed E-state index contributed by atoms with van der Waals surface area (Å²) in [5.41, 5.74) is -0.496. The third-order valence-corrected chi connectivity index (χ3v) is 1.99. The van der Waals surface area contributed by atoms with Crippen LogP contribution >= 0.6 is 0 Å². The quantitative estimate of drug-likeness (QED) is 0.807. The maximum absolute atomic E-state index is 12.5. The molecule has 6 heteroatoms. The summed E-state index contributed by atoms with van der Waals surface area (Å²) in [4.78, 5) is 14.0. The molecule has 2 N–H and O–H groups in total. The van der Waals surface area contributed by atoms with E-state index in [0.717, 1.165) is 6.20 Å². The average molecular weight is 217 g/mol. The summed E-state index contributed by atoms with van der Waals surface area (Å²) in [5, 5.41) is 17.6. The number of hydrogen-bond acceptors (Lipinski definition) is 3. The fraction of sp³-hybridized carbons (Fsp3) is 0.333. The van der Waals surface area contributed by atoms with Crippen molar-refractivity contribution in [3.8, 4) is 5.75 Å². The number of aromatic nitrogens is 1. The van der Waals surface area contributed by atoms with Crippen LogP contribution in [0.4, 0.5) is 8.78 Å². The molecule has 0 amide bonds. The normalized spacial score (nSPS) is 10.7. The van der Waals surface area contributed by atoms with Gasteiger partial charge in [0.1, 0.15) is 5.75 Å². The second kappa shape index (κ2) is 4.20. The summed E-state index contributed by atoms with van der Waals surface area (Å²) in [6.45, 7) is 1.31. The second-order valence-electron chi connectivity index (χ2n) is 3.00. The van der Waals surface area contributed by atoms with E-state index in [-0.39, 0.29) is 11.3 Å². The van der Waals surface area contributed by atoms with Gasteiger partial charge in [0, 0.05) is 0 Å². The van der Waals surface area contributed by atoms with E-state index in [9.17, 15) is 13.6 Å². The molecule has 0 spiro atoms. The van der Waals surface area contributed by atoms with Gasteiger partial charge in [-0.05, 0) is 12.5 Å². The topological polar surface area (TPSA) is 70.4 Å². The van der Waals surface area contributed by atoms with Crippen molar-refractivity contribution in [3.63, 3.8) is 0 Å². The van der Waals surface area contributed by atoms with Gasteiger partial charge in [-0.25, -0.2) is 8.78 Å². The Bertz CT molecular complexity index is 393. The predicted molar refractivity (Wildman–Crippen MR) is 46.9 cm³/mol. The van der Waals surface area contributed by atoms with Crippen LogP contribution in [0.25, 0.3) is 0 Å². The molecule has 1 aromatic heterocycles. The van der Waals surface area contributed by atoms with E-state index in [0.29, 0.717) is 0 Å². The maximum atomic E-state index is 12.5. The molecule has 0 unspecified atom stereocenters. The van der Waals surface area contributed by atoms with Gasteiger partial charge in [0.05, 0.1) is 23.9 Å². The lowest BCUT2D eigenvalue weighted by atomic mass is 10.1. The Morgan fingerprint density at radius 1 is 1.60 bits per heavy atom. The van der Waals surface area contributed by atoms with Gasteiger partial charge in [0.25, 0.3) is 6.43 Å². The Morgan fingerprint density at radius 2 is 2.20 bits per heavy atom. The Hall–Kier alpha value is -1.72. The number of hydrogen-bond donors (Lipinski definition) is 2. The molecule has 0 saturated heterocycles. The van der Waals surface area contributed by atoms with Crippen molar-refractivity contribution in [2.45, 2.75) is 19.8 Å². The van der Waals surface area contributed by atoms with Gasteiger partial charge in [0.15, 0.2) is 0 Å². The van der Waals surface area contributed by atoms with Crippen molar-refractivity contribution < 1.29 is 23.8 Å². The van der Waals surface area contributed by atoms with Gasteiger partial charge in [-0.3, -0.25) is 9.78 Å². The molecule has 0 saturated carbocycles. The molecule has 0 aliphatic heterocycles. The molecule has 0 aromatic carbocycles.